The molecule has 0 saturated heterocycles. The molecule has 1 amide bonds. The first-order valence-electron chi connectivity index (χ1n) is 9.38. The molecular formula is C23H23ClN2O3S. The zero-order valence-electron chi connectivity index (χ0n) is 16.7. The second-order valence-corrected chi connectivity index (χ2v) is 9.41. The highest BCUT2D eigenvalue weighted by molar-refractivity contribution is 7.92. The Morgan fingerprint density at radius 2 is 1.50 bits per heavy atom. The molecule has 0 bridgehead atoms. The van der Waals surface area contributed by atoms with E-state index in [2.05, 4.69) is 5.32 Å². The van der Waals surface area contributed by atoms with Gasteiger partial charge in [-0.2, -0.15) is 0 Å². The molecule has 0 radical (unpaired) electrons. The van der Waals surface area contributed by atoms with Crippen molar-refractivity contribution in [2.24, 2.45) is 0 Å². The minimum atomic E-state index is -3.67. The SMILES string of the molecule is Cc1ccc([C@@H](NC(=O)CN(c2ccc(Cl)cc2)S(C)(=O)=O)c2ccccc2)cc1. The van der Waals surface area contributed by atoms with E-state index in [4.69, 9.17) is 11.6 Å². The molecule has 0 heterocycles. The van der Waals surface area contributed by atoms with Gasteiger partial charge in [-0.1, -0.05) is 71.8 Å². The number of nitrogens with one attached hydrogen (secondary N) is 1. The Balaban J connectivity index is 1.87. The van der Waals surface area contributed by atoms with E-state index < -0.39 is 22.0 Å². The highest BCUT2D eigenvalue weighted by Gasteiger charge is 2.23. The zero-order chi connectivity index (χ0) is 21.7. The summed E-state index contributed by atoms with van der Waals surface area (Å²) in [5.74, 6) is -0.412. The van der Waals surface area contributed by atoms with Crippen LogP contribution in [-0.2, 0) is 14.8 Å². The van der Waals surface area contributed by atoms with Crippen molar-refractivity contribution in [3.8, 4) is 0 Å². The van der Waals surface area contributed by atoms with Gasteiger partial charge in [-0.15, -0.1) is 0 Å². The van der Waals surface area contributed by atoms with Gasteiger partial charge in [0.15, 0.2) is 0 Å². The summed E-state index contributed by atoms with van der Waals surface area (Å²) >= 11 is 5.90. The van der Waals surface area contributed by atoms with E-state index in [-0.39, 0.29) is 6.54 Å². The minimum absolute atomic E-state index is 0.338. The molecule has 156 valence electrons. The Morgan fingerprint density at radius 1 is 0.933 bits per heavy atom. The number of aryl methyl sites for hydroxylation is 1. The number of hydrogen-bond acceptors (Lipinski definition) is 3. The van der Waals surface area contributed by atoms with Gasteiger partial charge in [0.1, 0.15) is 6.54 Å². The third-order valence-electron chi connectivity index (χ3n) is 4.65. The van der Waals surface area contributed by atoms with Crippen molar-refractivity contribution in [3.05, 3.63) is 101 Å². The van der Waals surface area contributed by atoms with Gasteiger partial charge in [-0.05, 0) is 42.3 Å². The van der Waals surface area contributed by atoms with Gasteiger partial charge in [0, 0.05) is 5.02 Å². The van der Waals surface area contributed by atoms with Crippen molar-refractivity contribution in [1.29, 1.82) is 0 Å². The van der Waals surface area contributed by atoms with Gasteiger partial charge >= 0.3 is 0 Å². The molecule has 0 fully saturated rings. The predicted octanol–water partition coefficient (Wildman–Crippen LogP) is 4.32. The fourth-order valence-corrected chi connectivity index (χ4v) is 4.09. The van der Waals surface area contributed by atoms with Crippen molar-refractivity contribution in [2.75, 3.05) is 17.1 Å². The van der Waals surface area contributed by atoms with Gasteiger partial charge in [0.25, 0.3) is 0 Å². The molecule has 0 spiro atoms. The standard InChI is InChI=1S/C23H23ClN2O3S/c1-17-8-10-19(11-9-17)23(18-6-4-3-5-7-18)25-22(27)16-26(30(2,28)29)21-14-12-20(24)13-15-21/h3-15,23H,16H2,1-2H3,(H,25,27)/t23-/m0/s1. The second-order valence-electron chi connectivity index (χ2n) is 7.07. The molecule has 3 aromatic rings. The topological polar surface area (TPSA) is 66.5 Å². The van der Waals surface area contributed by atoms with E-state index in [0.29, 0.717) is 10.7 Å². The van der Waals surface area contributed by atoms with Crippen LogP contribution in [-0.4, -0.2) is 27.1 Å². The van der Waals surface area contributed by atoms with Crippen LogP contribution in [0.1, 0.15) is 22.7 Å². The molecule has 5 nitrogen and oxygen atoms in total. The van der Waals surface area contributed by atoms with E-state index >= 15 is 0 Å². The Labute approximate surface area is 182 Å². The molecule has 0 aliphatic rings. The predicted molar refractivity (Wildman–Crippen MR) is 121 cm³/mol. The molecule has 3 rings (SSSR count). The summed E-state index contributed by atoms with van der Waals surface area (Å²) in [5, 5.41) is 3.47. The molecular weight excluding hydrogens is 420 g/mol. The number of carbonyl (C=O) groups excluding carboxylic acids is 1. The lowest BCUT2D eigenvalue weighted by Crippen LogP contribution is -2.41. The van der Waals surface area contributed by atoms with Crippen molar-refractivity contribution in [3.63, 3.8) is 0 Å². The Bertz CT molecular complexity index is 1100. The molecule has 7 heteroatoms. The second kappa shape index (κ2) is 9.32. The molecule has 0 unspecified atom stereocenters. The smallest absolute Gasteiger partial charge is 0.241 e. The summed E-state index contributed by atoms with van der Waals surface area (Å²) in [5.41, 5.74) is 3.32. The number of benzene rings is 3. The molecule has 3 aromatic carbocycles. The van der Waals surface area contributed by atoms with Crippen LogP contribution < -0.4 is 9.62 Å². The normalized spacial score (nSPS) is 12.2. The quantitative estimate of drug-likeness (QED) is 0.592. The van der Waals surface area contributed by atoms with Crippen LogP contribution in [0.2, 0.25) is 5.02 Å². The fraction of sp³-hybridized carbons (Fsp3) is 0.174. The number of rotatable bonds is 7. The van der Waals surface area contributed by atoms with Crippen molar-refractivity contribution >= 4 is 33.2 Å². The number of halogens is 1. The highest BCUT2D eigenvalue weighted by Crippen LogP contribution is 2.24. The number of nitrogens with zero attached hydrogens (tertiary/aromatic N) is 1. The van der Waals surface area contributed by atoms with Crippen LogP contribution >= 0.6 is 11.6 Å². The van der Waals surface area contributed by atoms with Gasteiger partial charge in [-0.25, -0.2) is 8.42 Å². The summed E-state index contributed by atoms with van der Waals surface area (Å²) in [6, 6.07) is 23.4. The number of hydrogen-bond donors (Lipinski definition) is 1. The summed E-state index contributed by atoms with van der Waals surface area (Å²) in [6.45, 7) is 1.66. The number of amides is 1. The first-order valence-corrected chi connectivity index (χ1v) is 11.6. The number of sulfonamides is 1. The summed E-state index contributed by atoms with van der Waals surface area (Å²) in [6.07, 6.45) is 1.07. The van der Waals surface area contributed by atoms with Gasteiger partial charge in [0.05, 0.1) is 18.0 Å². The van der Waals surface area contributed by atoms with E-state index in [1.807, 2.05) is 61.5 Å². The highest BCUT2D eigenvalue weighted by atomic mass is 35.5. The van der Waals surface area contributed by atoms with Crippen LogP contribution in [0.3, 0.4) is 0 Å². The van der Waals surface area contributed by atoms with Crippen LogP contribution in [0, 0.1) is 6.92 Å². The van der Waals surface area contributed by atoms with E-state index in [1.54, 1.807) is 24.3 Å². The first kappa shape index (κ1) is 21.9. The Hall–Kier alpha value is -2.83. The third kappa shape index (κ3) is 5.62. The average molecular weight is 443 g/mol. The molecule has 0 aliphatic carbocycles. The average Bonchev–Trinajstić information content (AvgIpc) is 2.72. The molecule has 0 aromatic heterocycles. The van der Waals surface area contributed by atoms with Crippen molar-refractivity contribution in [2.45, 2.75) is 13.0 Å². The summed E-state index contributed by atoms with van der Waals surface area (Å²) in [7, 11) is -3.67. The maximum absolute atomic E-state index is 12.9. The maximum Gasteiger partial charge on any atom is 0.241 e. The zero-order valence-corrected chi connectivity index (χ0v) is 18.3. The first-order chi connectivity index (χ1) is 14.2. The Kier molecular flexibility index (Phi) is 6.80. The van der Waals surface area contributed by atoms with Gasteiger partial charge in [0.2, 0.25) is 15.9 Å². The summed E-state index contributed by atoms with van der Waals surface area (Å²) in [4.78, 5) is 12.9. The molecule has 1 atom stereocenters. The van der Waals surface area contributed by atoms with Crippen LogP contribution in [0.4, 0.5) is 5.69 Å². The van der Waals surface area contributed by atoms with Crippen LogP contribution in [0.5, 0.6) is 0 Å². The molecule has 0 aliphatic heterocycles. The molecule has 0 saturated carbocycles. The van der Waals surface area contributed by atoms with E-state index in [0.717, 1.165) is 27.3 Å². The minimum Gasteiger partial charge on any atom is -0.344 e. The Morgan fingerprint density at radius 3 is 2.07 bits per heavy atom. The monoisotopic (exact) mass is 442 g/mol. The lowest BCUT2D eigenvalue weighted by Gasteiger charge is -2.25. The third-order valence-corrected chi connectivity index (χ3v) is 6.04. The lowest BCUT2D eigenvalue weighted by atomic mass is 9.98. The van der Waals surface area contributed by atoms with E-state index in [1.165, 1.54) is 0 Å². The maximum atomic E-state index is 12.9. The van der Waals surface area contributed by atoms with E-state index in [9.17, 15) is 13.2 Å². The van der Waals surface area contributed by atoms with Crippen LogP contribution in [0.25, 0.3) is 0 Å². The largest absolute Gasteiger partial charge is 0.344 e. The van der Waals surface area contributed by atoms with Gasteiger partial charge < -0.3 is 5.32 Å². The number of carbonyl (C=O) groups is 1. The lowest BCUT2D eigenvalue weighted by molar-refractivity contribution is -0.120. The number of anilines is 1. The van der Waals surface area contributed by atoms with Crippen LogP contribution in [0.15, 0.2) is 78.9 Å². The van der Waals surface area contributed by atoms with Crippen molar-refractivity contribution < 1.29 is 13.2 Å². The van der Waals surface area contributed by atoms with Gasteiger partial charge in [-0.3, -0.25) is 9.10 Å². The van der Waals surface area contributed by atoms with Crippen molar-refractivity contribution in [1.82, 2.24) is 5.32 Å². The molecule has 1 N–H and O–H groups in total. The fourth-order valence-electron chi connectivity index (χ4n) is 3.11. The summed E-state index contributed by atoms with van der Waals surface area (Å²) < 4.78 is 25.7. The molecule has 30 heavy (non-hydrogen) atoms.